The monoisotopic (exact) mass is 239 g/mol. The van der Waals surface area contributed by atoms with E-state index in [1.165, 1.54) is 16.7 Å². The van der Waals surface area contributed by atoms with Crippen LogP contribution in [0.3, 0.4) is 0 Å². The van der Waals surface area contributed by atoms with Crippen LogP contribution in [0.4, 0.5) is 0 Å². The quantitative estimate of drug-likeness (QED) is 0.853. The third kappa shape index (κ3) is 2.59. The standard InChI is InChI=1S/C12H13NS.ClH/c1-9-4-2-3-5-11(9)12(13)10-6-7-14-8-10;/h2-8,12H,13H2,1H3;1H/t12-;/m1./s1. The average Bonchev–Trinajstić information content (AvgIpc) is 2.70. The van der Waals surface area contributed by atoms with E-state index in [1.54, 1.807) is 11.3 Å². The Hall–Kier alpha value is -0.830. The predicted molar refractivity (Wildman–Crippen MR) is 68.8 cm³/mol. The second kappa shape index (κ2) is 5.31. The molecule has 0 aliphatic carbocycles. The van der Waals surface area contributed by atoms with E-state index < -0.39 is 0 Å². The maximum Gasteiger partial charge on any atom is 0.0562 e. The molecule has 0 aliphatic rings. The van der Waals surface area contributed by atoms with Crippen LogP contribution in [-0.4, -0.2) is 0 Å². The second-order valence-electron chi connectivity index (χ2n) is 3.39. The molecule has 0 saturated carbocycles. The first-order chi connectivity index (χ1) is 6.79. The molecule has 0 unspecified atom stereocenters. The van der Waals surface area contributed by atoms with Crippen molar-refractivity contribution in [3.63, 3.8) is 0 Å². The van der Waals surface area contributed by atoms with Gasteiger partial charge in [0.2, 0.25) is 0 Å². The summed E-state index contributed by atoms with van der Waals surface area (Å²) < 4.78 is 0. The van der Waals surface area contributed by atoms with Gasteiger partial charge in [-0.3, -0.25) is 0 Å². The van der Waals surface area contributed by atoms with Gasteiger partial charge in [-0.05, 0) is 40.4 Å². The molecule has 2 aromatic rings. The molecule has 0 radical (unpaired) electrons. The van der Waals surface area contributed by atoms with Crippen molar-refractivity contribution in [2.75, 3.05) is 0 Å². The molecule has 1 atom stereocenters. The molecule has 1 aromatic carbocycles. The minimum absolute atomic E-state index is 0. The first-order valence-corrected chi connectivity index (χ1v) is 5.56. The van der Waals surface area contributed by atoms with E-state index in [2.05, 4.69) is 35.9 Å². The minimum atomic E-state index is 0. The van der Waals surface area contributed by atoms with Crippen LogP contribution in [0, 0.1) is 6.92 Å². The van der Waals surface area contributed by atoms with E-state index in [0.29, 0.717) is 0 Å². The molecule has 1 heterocycles. The zero-order valence-corrected chi connectivity index (χ0v) is 10.1. The van der Waals surface area contributed by atoms with Gasteiger partial charge < -0.3 is 5.73 Å². The first kappa shape index (κ1) is 12.2. The fourth-order valence-electron chi connectivity index (χ4n) is 1.57. The number of hydrogen-bond donors (Lipinski definition) is 1. The molecule has 0 fully saturated rings. The molecular formula is C12H14ClNS. The van der Waals surface area contributed by atoms with Crippen molar-refractivity contribution in [2.45, 2.75) is 13.0 Å². The summed E-state index contributed by atoms with van der Waals surface area (Å²) >= 11 is 1.69. The molecule has 0 aliphatic heterocycles. The molecule has 3 heteroatoms. The highest BCUT2D eigenvalue weighted by molar-refractivity contribution is 7.08. The third-order valence-electron chi connectivity index (χ3n) is 2.43. The highest BCUT2D eigenvalue weighted by Gasteiger charge is 2.10. The summed E-state index contributed by atoms with van der Waals surface area (Å²) in [6, 6.07) is 10.4. The van der Waals surface area contributed by atoms with Crippen LogP contribution in [-0.2, 0) is 0 Å². The summed E-state index contributed by atoms with van der Waals surface area (Å²) in [5.41, 5.74) is 9.84. The van der Waals surface area contributed by atoms with E-state index in [0.717, 1.165) is 0 Å². The van der Waals surface area contributed by atoms with Crippen LogP contribution in [0.5, 0.6) is 0 Å². The molecule has 0 bridgehead atoms. The SMILES string of the molecule is Cc1ccccc1[C@H](N)c1ccsc1.Cl. The molecule has 2 N–H and O–H groups in total. The summed E-state index contributed by atoms with van der Waals surface area (Å²) in [7, 11) is 0. The van der Waals surface area contributed by atoms with Gasteiger partial charge in [-0.25, -0.2) is 0 Å². The molecule has 15 heavy (non-hydrogen) atoms. The van der Waals surface area contributed by atoms with Gasteiger partial charge in [-0.1, -0.05) is 24.3 Å². The van der Waals surface area contributed by atoms with Crippen LogP contribution in [0.1, 0.15) is 22.7 Å². The number of aryl methyl sites for hydroxylation is 1. The lowest BCUT2D eigenvalue weighted by Crippen LogP contribution is -2.12. The molecule has 0 saturated heterocycles. The Kier molecular flexibility index (Phi) is 4.33. The summed E-state index contributed by atoms with van der Waals surface area (Å²) in [5.74, 6) is 0. The predicted octanol–water partition coefficient (Wildman–Crippen LogP) is 3.53. The number of nitrogens with two attached hydrogens (primary N) is 1. The van der Waals surface area contributed by atoms with Crippen LogP contribution in [0.15, 0.2) is 41.1 Å². The lowest BCUT2D eigenvalue weighted by atomic mass is 9.98. The van der Waals surface area contributed by atoms with Crippen LogP contribution < -0.4 is 5.73 Å². The maximum atomic E-state index is 6.17. The van der Waals surface area contributed by atoms with Crippen LogP contribution >= 0.6 is 23.7 Å². The van der Waals surface area contributed by atoms with E-state index in [-0.39, 0.29) is 18.4 Å². The van der Waals surface area contributed by atoms with Gasteiger partial charge in [0.05, 0.1) is 6.04 Å². The molecule has 1 aromatic heterocycles. The van der Waals surface area contributed by atoms with E-state index in [9.17, 15) is 0 Å². The van der Waals surface area contributed by atoms with Crippen molar-refractivity contribution in [1.82, 2.24) is 0 Å². The second-order valence-corrected chi connectivity index (χ2v) is 4.17. The Bertz CT molecular complexity index is 411. The van der Waals surface area contributed by atoms with Gasteiger partial charge in [0, 0.05) is 0 Å². The van der Waals surface area contributed by atoms with Crippen molar-refractivity contribution < 1.29 is 0 Å². The van der Waals surface area contributed by atoms with Gasteiger partial charge in [-0.2, -0.15) is 11.3 Å². The average molecular weight is 240 g/mol. The summed E-state index contributed by atoms with van der Waals surface area (Å²) in [6.07, 6.45) is 0. The highest BCUT2D eigenvalue weighted by Crippen LogP contribution is 2.23. The Balaban J connectivity index is 0.00000112. The Labute approximate surface area is 100 Å². The van der Waals surface area contributed by atoms with E-state index in [1.807, 2.05) is 12.1 Å². The van der Waals surface area contributed by atoms with E-state index >= 15 is 0 Å². The summed E-state index contributed by atoms with van der Waals surface area (Å²) in [4.78, 5) is 0. The first-order valence-electron chi connectivity index (χ1n) is 4.62. The van der Waals surface area contributed by atoms with Crippen molar-refractivity contribution in [3.8, 4) is 0 Å². The van der Waals surface area contributed by atoms with Gasteiger partial charge in [0.25, 0.3) is 0 Å². The topological polar surface area (TPSA) is 26.0 Å². The third-order valence-corrected chi connectivity index (χ3v) is 3.13. The van der Waals surface area contributed by atoms with Crippen molar-refractivity contribution in [3.05, 3.63) is 57.8 Å². The normalized spacial score (nSPS) is 11.9. The Morgan fingerprint density at radius 1 is 1.20 bits per heavy atom. The maximum absolute atomic E-state index is 6.17. The number of rotatable bonds is 2. The smallest absolute Gasteiger partial charge is 0.0562 e. The molecule has 80 valence electrons. The highest BCUT2D eigenvalue weighted by atomic mass is 35.5. The fourth-order valence-corrected chi connectivity index (χ4v) is 2.26. The minimum Gasteiger partial charge on any atom is -0.320 e. The molecular weight excluding hydrogens is 226 g/mol. The molecule has 0 spiro atoms. The zero-order chi connectivity index (χ0) is 9.97. The van der Waals surface area contributed by atoms with Crippen LogP contribution in [0.25, 0.3) is 0 Å². The van der Waals surface area contributed by atoms with Crippen LogP contribution in [0.2, 0.25) is 0 Å². The van der Waals surface area contributed by atoms with Gasteiger partial charge in [0.15, 0.2) is 0 Å². The molecule has 1 nitrogen and oxygen atoms in total. The Morgan fingerprint density at radius 2 is 1.93 bits per heavy atom. The van der Waals surface area contributed by atoms with Gasteiger partial charge in [0.1, 0.15) is 0 Å². The summed E-state index contributed by atoms with van der Waals surface area (Å²) in [6.45, 7) is 2.10. The Morgan fingerprint density at radius 3 is 2.53 bits per heavy atom. The zero-order valence-electron chi connectivity index (χ0n) is 8.51. The van der Waals surface area contributed by atoms with Gasteiger partial charge >= 0.3 is 0 Å². The van der Waals surface area contributed by atoms with Crippen molar-refractivity contribution in [2.24, 2.45) is 5.73 Å². The van der Waals surface area contributed by atoms with Gasteiger partial charge in [-0.15, -0.1) is 12.4 Å². The van der Waals surface area contributed by atoms with Crippen molar-refractivity contribution in [1.29, 1.82) is 0 Å². The number of thiophene rings is 1. The number of benzene rings is 1. The summed E-state index contributed by atoms with van der Waals surface area (Å²) in [5, 5.41) is 4.17. The number of hydrogen-bond acceptors (Lipinski definition) is 2. The number of halogens is 1. The lowest BCUT2D eigenvalue weighted by molar-refractivity contribution is 0.867. The fraction of sp³-hybridized carbons (Fsp3) is 0.167. The largest absolute Gasteiger partial charge is 0.320 e. The molecule has 0 amide bonds. The lowest BCUT2D eigenvalue weighted by Gasteiger charge is -2.12. The van der Waals surface area contributed by atoms with E-state index in [4.69, 9.17) is 5.73 Å². The van der Waals surface area contributed by atoms with Crippen molar-refractivity contribution >= 4 is 23.7 Å². The molecule has 2 rings (SSSR count).